The first-order valence-corrected chi connectivity index (χ1v) is 9.81. The van der Waals surface area contributed by atoms with Crippen molar-refractivity contribution in [3.05, 3.63) is 42.0 Å². The average molecular weight is 417 g/mol. The van der Waals surface area contributed by atoms with Gasteiger partial charge < -0.3 is 24.0 Å². The van der Waals surface area contributed by atoms with E-state index in [1.165, 1.54) is 0 Å². The van der Waals surface area contributed by atoms with Crippen molar-refractivity contribution in [1.82, 2.24) is 9.80 Å². The van der Waals surface area contributed by atoms with Crippen LogP contribution in [-0.2, 0) is 0 Å². The van der Waals surface area contributed by atoms with Crippen LogP contribution in [0.15, 0.2) is 36.4 Å². The van der Waals surface area contributed by atoms with E-state index < -0.39 is 0 Å². The van der Waals surface area contributed by atoms with Crippen LogP contribution in [0.1, 0.15) is 24.2 Å². The highest BCUT2D eigenvalue weighted by molar-refractivity contribution is 7.80. The number of nitrogens with zero attached hydrogens (tertiary/aromatic N) is 2. The lowest BCUT2D eigenvalue weighted by Gasteiger charge is -2.22. The summed E-state index contributed by atoms with van der Waals surface area (Å²) in [4.78, 5) is 16.7. The molecular weight excluding hydrogens is 388 g/mol. The van der Waals surface area contributed by atoms with Gasteiger partial charge in [0.25, 0.3) is 11.1 Å². The van der Waals surface area contributed by atoms with Gasteiger partial charge in [0.2, 0.25) is 0 Å². The number of thiocarbonyl (C=S) groups is 1. The predicted molar refractivity (Wildman–Crippen MR) is 119 cm³/mol. The highest BCUT2D eigenvalue weighted by atomic mass is 32.1. The molecule has 29 heavy (non-hydrogen) atoms. The molecule has 2 rings (SSSR count). The summed E-state index contributed by atoms with van der Waals surface area (Å²) in [5.41, 5.74) is 2.02. The Labute approximate surface area is 178 Å². The second kappa shape index (κ2) is 10.1. The summed E-state index contributed by atoms with van der Waals surface area (Å²) in [5, 5.41) is 0.310. The van der Waals surface area contributed by atoms with Gasteiger partial charge in [0, 0.05) is 38.8 Å². The van der Waals surface area contributed by atoms with Crippen molar-refractivity contribution in [3.8, 4) is 28.4 Å². The molecule has 0 unspecified atom stereocenters. The van der Waals surface area contributed by atoms with E-state index in [-0.39, 0.29) is 5.91 Å². The second-order valence-corrected chi connectivity index (χ2v) is 6.86. The van der Waals surface area contributed by atoms with Crippen molar-refractivity contribution in [2.24, 2.45) is 0 Å². The summed E-state index contributed by atoms with van der Waals surface area (Å²) in [7, 11) is 6.79. The molecule has 6 nitrogen and oxygen atoms in total. The largest absolute Gasteiger partial charge is 0.497 e. The van der Waals surface area contributed by atoms with Gasteiger partial charge in [0.15, 0.2) is 0 Å². The third-order valence-corrected chi connectivity index (χ3v) is 5.00. The number of methoxy groups -OCH3 is 2. The van der Waals surface area contributed by atoms with Gasteiger partial charge in [-0.1, -0.05) is 0 Å². The lowest BCUT2D eigenvalue weighted by Crippen LogP contribution is -2.31. The van der Waals surface area contributed by atoms with Gasteiger partial charge in [-0.25, -0.2) is 0 Å². The summed E-state index contributed by atoms with van der Waals surface area (Å²) in [6.45, 7) is 5.14. The van der Waals surface area contributed by atoms with E-state index in [1.54, 1.807) is 36.2 Å². The normalized spacial score (nSPS) is 10.3. The maximum Gasteiger partial charge on any atom is 0.264 e. The molecule has 156 valence electrons. The van der Waals surface area contributed by atoms with Crippen molar-refractivity contribution in [2.45, 2.75) is 13.8 Å². The maximum absolute atomic E-state index is 13.2. The highest BCUT2D eigenvalue weighted by Crippen LogP contribution is 2.37. The smallest absolute Gasteiger partial charge is 0.264 e. The Hall–Kier alpha value is -2.80. The van der Waals surface area contributed by atoms with Crippen molar-refractivity contribution in [2.75, 3.05) is 41.4 Å². The molecular formula is C22H28N2O4S. The monoisotopic (exact) mass is 416 g/mol. The first kappa shape index (κ1) is 22.5. The molecule has 0 aliphatic carbocycles. The van der Waals surface area contributed by atoms with E-state index in [4.69, 9.17) is 26.4 Å². The van der Waals surface area contributed by atoms with Gasteiger partial charge in [-0.2, -0.15) is 0 Å². The van der Waals surface area contributed by atoms with E-state index in [0.29, 0.717) is 41.1 Å². The minimum absolute atomic E-state index is 0.0687. The lowest BCUT2D eigenvalue weighted by atomic mass is 9.97. The fraction of sp³-hybridized carbons (Fsp3) is 0.364. The number of hydrogen-bond acceptors (Lipinski definition) is 5. The third-order valence-electron chi connectivity index (χ3n) is 4.55. The molecule has 0 saturated heterocycles. The van der Waals surface area contributed by atoms with Crippen LogP contribution in [0.4, 0.5) is 0 Å². The van der Waals surface area contributed by atoms with Crippen molar-refractivity contribution in [3.63, 3.8) is 0 Å². The standard InChI is InChI=1S/C22H28N2O4S/c1-7-24(8-2)21(25)19-13-15(26-5)9-11-17(19)18-12-10-16(27-6)14-20(18)28-22(29)23(3)4/h9-14H,7-8H2,1-6H3. The summed E-state index contributed by atoms with van der Waals surface area (Å²) in [6, 6.07) is 10.9. The minimum atomic E-state index is -0.0687. The zero-order valence-corrected chi connectivity index (χ0v) is 18.6. The van der Waals surface area contributed by atoms with Crippen molar-refractivity contribution >= 4 is 23.3 Å². The van der Waals surface area contributed by atoms with Gasteiger partial charge in [-0.3, -0.25) is 4.79 Å². The van der Waals surface area contributed by atoms with Gasteiger partial charge in [0.1, 0.15) is 17.2 Å². The molecule has 2 aromatic rings. The van der Waals surface area contributed by atoms with Crippen LogP contribution in [-0.4, -0.2) is 62.3 Å². The molecule has 2 aromatic carbocycles. The topological polar surface area (TPSA) is 51.2 Å². The van der Waals surface area contributed by atoms with Crippen molar-refractivity contribution < 1.29 is 19.0 Å². The van der Waals surface area contributed by atoms with Crippen LogP contribution >= 0.6 is 12.2 Å². The van der Waals surface area contributed by atoms with Crippen LogP contribution in [0.5, 0.6) is 17.2 Å². The molecule has 0 spiro atoms. The predicted octanol–water partition coefficient (Wildman–Crippen LogP) is 4.08. The van der Waals surface area contributed by atoms with Gasteiger partial charge in [-0.15, -0.1) is 0 Å². The van der Waals surface area contributed by atoms with E-state index in [0.717, 1.165) is 11.1 Å². The Kier molecular flexibility index (Phi) is 7.84. The third kappa shape index (κ3) is 5.17. The summed E-state index contributed by atoms with van der Waals surface area (Å²) in [6.07, 6.45) is 0. The van der Waals surface area contributed by atoms with E-state index in [1.807, 2.05) is 52.2 Å². The van der Waals surface area contributed by atoms with E-state index in [9.17, 15) is 4.79 Å². The summed E-state index contributed by atoms with van der Waals surface area (Å²) in [5.74, 6) is 1.70. The Morgan fingerprint density at radius 1 is 0.931 bits per heavy atom. The second-order valence-electron chi connectivity index (χ2n) is 6.51. The number of ether oxygens (including phenoxy) is 3. The molecule has 0 saturated carbocycles. The molecule has 0 aromatic heterocycles. The lowest BCUT2D eigenvalue weighted by molar-refractivity contribution is 0.0773. The van der Waals surface area contributed by atoms with E-state index >= 15 is 0 Å². The molecule has 0 radical (unpaired) electrons. The number of rotatable bonds is 7. The number of carbonyl (C=O) groups is 1. The number of benzene rings is 2. The molecule has 1 amide bonds. The van der Waals surface area contributed by atoms with Crippen LogP contribution in [0.3, 0.4) is 0 Å². The Morgan fingerprint density at radius 2 is 1.48 bits per heavy atom. The number of amides is 1. The van der Waals surface area contributed by atoms with Gasteiger partial charge in [-0.05, 0) is 62.0 Å². The number of hydrogen-bond donors (Lipinski definition) is 0. The van der Waals surface area contributed by atoms with Gasteiger partial charge >= 0.3 is 0 Å². The van der Waals surface area contributed by atoms with Crippen molar-refractivity contribution in [1.29, 1.82) is 0 Å². The average Bonchev–Trinajstić information content (AvgIpc) is 2.73. The van der Waals surface area contributed by atoms with Crippen LogP contribution in [0, 0.1) is 0 Å². The summed E-state index contributed by atoms with van der Waals surface area (Å²) >= 11 is 5.32. The Balaban J connectivity index is 2.66. The summed E-state index contributed by atoms with van der Waals surface area (Å²) < 4.78 is 16.6. The van der Waals surface area contributed by atoms with E-state index in [2.05, 4.69) is 0 Å². The highest BCUT2D eigenvalue weighted by Gasteiger charge is 2.21. The molecule has 0 N–H and O–H groups in total. The van der Waals surface area contributed by atoms with Crippen LogP contribution in [0.2, 0.25) is 0 Å². The maximum atomic E-state index is 13.2. The molecule has 0 aliphatic rings. The number of carbonyl (C=O) groups excluding carboxylic acids is 1. The van der Waals surface area contributed by atoms with Crippen LogP contribution in [0.25, 0.3) is 11.1 Å². The zero-order chi connectivity index (χ0) is 21.6. The first-order valence-electron chi connectivity index (χ1n) is 9.41. The quantitative estimate of drug-likeness (QED) is 0.634. The Bertz CT molecular complexity index is 879. The SMILES string of the molecule is CCN(CC)C(=O)c1cc(OC)ccc1-c1ccc(OC)cc1OC(=S)N(C)C. The Morgan fingerprint density at radius 3 is 2.00 bits per heavy atom. The molecule has 0 fully saturated rings. The minimum Gasteiger partial charge on any atom is -0.497 e. The fourth-order valence-electron chi connectivity index (χ4n) is 2.87. The first-order chi connectivity index (χ1) is 13.9. The molecule has 0 heterocycles. The molecule has 0 atom stereocenters. The fourth-order valence-corrected chi connectivity index (χ4v) is 2.96. The van der Waals surface area contributed by atoms with Gasteiger partial charge in [0.05, 0.1) is 19.8 Å². The zero-order valence-electron chi connectivity index (χ0n) is 17.8. The molecule has 0 aliphatic heterocycles. The molecule has 0 bridgehead atoms. The molecule has 7 heteroatoms. The van der Waals surface area contributed by atoms with Crippen LogP contribution < -0.4 is 14.2 Å².